The summed E-state index contributed by atoms with van der Waals surface area (Å²) in [6, 6.07) is 4.85. The van der Waals surface area contributed by atoms with Crippen molar-refractivity contribution in [2.75, 3.05) is 0 Å². The van der Waals surface area contributed by atoms with Gasteiger partial charge < -0.3 is 10.1 Å². The lowest BCUT2D eigenvalue weighted by molar-refractivity contribution is 0.277. The van der Waals surface area contributed by atoms with Crippen LogP contribution in [0.2, 0.25) is 5.02 Å². The molecule has 0 aliphatic carbocycles. The van der Waals surface area contributed by atoms with Crippen molar-refractivity contribution in [2.45, 2.75) is 13.0 Å². The van der Waals surface area contributed by atoms with Gasteiger partial charge in [-0.15, -0.1) is 0 Å². The van der Waals surface area contributed by atoms with Gasteiger partial charge in [0.25, 0.3) is 0 Å². The van der Waals surface area contributed by atoms with Crippen LogP contribution in [-0.4, -0.2) is 15.1 Å². The summed E-state index contributed by atoms with van der Waals surface area (Å²) in [5.74, 6) is 0.177. The number of benzene rings is 1. The normalized spacial score (nSPS) is 10.7. The molecule has 2 N–H and O–H groups in total. The number of nitrogens with one attached hydrogen (secondary N) is 1. The van der Waals surface area contributed by atoms with Crippen LogP contribution < -0.4 is 0 Å². The molecule has 1 heterocycles. The third kappa shape index (κ3) is 2.23. The number of aromatic amines is 1. The van der Waals surface area contributed by atoms with E-state index in [4.69, 9.17) is 16.7 Å². The van der Waals surface area contributed by atoms with Crippen molar-refractivity contribution in [3.63, 3.8) is 0 Å². The van der Waals surface area contributed by atoms with E-state index in [0.29, 0.717) is 23.5 Å². The molecule has 0 saturated carbocycles. The van der Waals surface area contributed by atoms with E-state index in [1.165, 1.54) is 12.3 Å². The van der Waals surface area contributed by atoms with Gasteiger partial charge in [0.1, 0.15) is 11.6 Å². The number of imidazole rings is 1. The zero-order chi connectivity index (χ0) is 11.5. The number of halogens is 2. The Balaban J connectivity index is 2.23. The molecule has 5 heteroatoms. The van der Waals surface area contributed by atoms with E-state index in [0.717, 1.165) is 0 Å². The maximum atomic E-state index is 13.6. The fourth-order valence-electron chi connectivity index (χ4n) is 1.44. The van der Waals surface area contributed by atoms with Gasteiger partial charge >= 0.3 is 0 Å². The Bertz CT molecular complexity index is 498. The molecule has 84 valence electrons. The van der Waals surface area contributed by atoms with Crippen LogP contribution in [0, 0.1) is 5.82 Å². The summed E-state index contributed by atoms with van der Waals surface area (Å²) in [4.78, 5) is 6.91. The first-order valence-corrected chi connectivity index (χ1v) is 5.15. The van der Waals surface area contributed by atoms with Crippen molar-refractivity contribution >= 4 is 11.6 Å². The number of nitrogens with zero attached hydrogens (tertiary/aromatic N) is 1. The third-order valence-electron chi connectivity index (χ3n) is 2.24. The minimum absolute atomic E-state index is 0.103. The van der Waals surface area contributed by atoms with E-state index in [1.807, 2.05) is 0 Å². The zero-order valence-electron chi connectivity index (χ0n) is 8.37. The number of aliphatic hydroxyl groups is 1. The summed E-state index contributed by atoms with van der Waals surface area (Å²) in [5, 5.41) is 8.95. The summed E-state index contributed by atoms with van der Waals surface area (Å²) in [5.41, 5.74) is 1.09. The minimum atomic E-state index is -0.425. The molecule has 0 aliphatic heterocycles. The van der Waals surface area contributed by atoms with Gasteiger partial charge in [0.2, 0.25) is 0 Å². The second-order valence-electron chi connectivity index (χ2n) is 3.40. The predicted molar refractivity (Wildman–Crippen MR) is 58.7 cm³/mol. The Labute approximate surface area is 96.9 Å². The maximum absolute atomic E-state index is 13.6. The molecule has 0 radical (unpaired) electrons. The lowest BCUT2D eigenvalue weighted by Crippen LogP contribution is -1.95. The average Bonchev–Trinajstić information content (AvgIpc) is 2.73. The smallest absolute Gasteiger partial charge is 0.145 e. The molecule has 0 spiro atoms. The first-order chi connectivity index (χ1) is 7.70. The lowest BCUT2D eigenvalue weighted by atomic mass is 10.1. The van der Waals surface area contributed by atoms with Crippen LogP contribution in [0.3, 0.4) is 0 Å². The highest BCUT2D eigenvalue weighted by molar-refractivity contribution is 6.30. The molecule has 0 bridgehead atoms. The van der Waals surface area contributed by atoms with Gasteiger partial charge in [-0.3, -0.25) is 0 Å². The van der Waals surface area contributed by atoms with Gasteiger partial charge in [0, 0.05) is 6.42 Å². The molecular formula is C11H10ClFN2O. The zero-order valence-corrected chi connectivity index (χ0v) is 9.13. The summed E-state index contributed by atoms with van der Waals surface area (Å²) in [6.45, 7) is -0.106. The van der Waals surface area contributed by atoms with E-state index >= 15 is 0 Å². The van der Waals surface area contributed by atoms with Crippen molar-refractivity contribution in [3.05, 3.63) is 52.3 Å². The number of H-pyrrole nitrogens is 1. The van der Waals surface area contributed by atoms with E-state index < -0.39 is 5.82 Å². The second kappa shape index (κ2) is 4.63. The Kier molecular flexibility index (Phi) is 3.22. The van der Waals surface area contributed by atoms with Crippen LogP contribution >= 0.6 is 11.6 Å². The summed E-state index contributed by atoms with van der Waals surface area (Å²) < 4.78 is 13.6. The average molecular weight is 241 g/mol. The van der Waals surface area contributed by atoms with Gasteiger partial charge in [-0.05, 0) is 11.6 Å². The van der Waals surface area contributed by atoms with E-state index in [-0.39, 0.29) is 11.6 Å². The highest BCUT2D eigenvalue weighted by atomic mass is 35.5. The SMILES string of the molecule is OCc1cnc(Cc2cccc(Cl)c2F)[nH]1. The van der Waals surface area contributed by atoms with Crippen molar-refractivity contribution in [1.82, 2.24) is 9.97 Å². The van der Waals surface area contributed by atoms with E-state index in [1.54, 1.807) is 12.1 Å². The van der Waals surface area contributed by atoms with Crippen molar-refractivity contribution in [3.8, 4) is 0 Å². The van der Waals surface area contributed by atoms with Crippen LogP contribution in [0.4, 0.5) is 4.39 Å². The number of rotatable bonds is 3. The molecule has 0 fully saturated rings. The largest absolute Gasteiger partial charge is 0.390 e. The second-order valence-corrected chi connectivity index (χ2v) is 3.81. The quantitative estimate of drug-likeness (QED) is 0.865. The van der Waals surface area contributed by atoms with E-state index in [2.05, 4.69) is 9.97 Å². The molecule has 16 heavy (non-hydrogen) atoms. The molecule has 0 aliphatic rings. The van der Waals surface area contributed by atoms with Crippen molar-refractivity contribution < 1.29 is 9.50 Å². The number of hydrogen-bond acceptors (Lipinski definition) is 2. The topological polar surface area (TPSA) is 48.9 Å². The molecule has 0 saturated heterocycles. The lowest BCUT2D eigenvalue weighted by Gasteiger charge is -2.02. The summed E-state index contributed by atoms with van der Waals surface area (Å²) in [7, 11) is 0. The molecule has 1 aromatic heterocycles. The molecule has 0 atom stereocenters. The molecule has 0 unspecified atom stereocenters. The minimum Gasteiger partial charge on any atom is -0.390 e. The fraction of sp³-hybridized carbons (Fsp3) is 0.182. The van der Waals surface area contributed by atoms with Crippen LogP contribution in [0.5, 0.6) is 0 Å². The highest BCUT2D eigenvalue weighted by Gasteiger charge is 2.08. The van der Waals surface area contributed by atoms with Gasteiger partial charge in [-0.1, -0.05) is 23.7 Å². The van der Waals surface area contributed by atoms with Gasteiger partial charge in [-0.2, -0.15) is 0 Å². The predicted octanol–water partition coefficient (Wildman–Crippen LogP) is 2.29. The van der Waals surface area contributed by atoms with Crippen molar-refractivity contribution in [1.29, 1.82) is 0 Å². The summed E-state index contributed by atoms with van der Waals surface area (Å²) >= 11 is 5.67. The number of hydrogen-bond donors (Lipinski definition) is 2. The Morgan fingerprint density at radius 1 is 1.44 bits per heavy atom. The Hall–Kier alpha value is -1.39. The summed E-state index contributed by atoms with van der Waals surface area (Å²) in [6.07, 6.45) is 1.85. The van der Waals surface area contributed by atoms with Gasteiger partial charge in [0.15, 0.2) is 0 Å². The highest BCUT2D eigenvalue weighted by Crippen LogP contribution is 2.19. The molecule has 2 aromatic rings. The first-order valence-electron chi connectivity index (χ1n) is 4.77. The van der Waals surface area contributed by atoms with Crippen LogP contribution in [-0.2, 0) is 13.0 Å². The Morgan fingerprint density at radius 3 is 2.94 bits per heavy atom. The van der Waals surface area contributed by atoms with Crippen LogP contribution in [0.25, 0.3) is 0 Å². The fourth-order valence-corrected chi connectivity index (χ4v) is 1.64. The molecule has 1 aromatic carbocycles. The Morgan fingerprint density at radius 2 is 2.25 bits per heavy atom. The standard InChI is InChI=1S/C11H10ClFN2O/c12-9-3-1-2-7(11(9)13)4-10-14-5-8(6-16)15-10/h1-3,5,16H,4,6H2,(H,14,15). The third-order valence-corrected chi connectivity index (χ3v) is 2.53. The molecule has 0 amide bonds. The molecular weight excluding hydrogens is 231 g/mol. The maximum Gasteiger partial charge on any atom is 0.145 e. The molecule has 3 nitrogen and oxygen atoms in total. The van der Waals surface area contributed by atoms with E-state index in [9.17, 15) is 4.39 Å². The number of aliphatic hydroxyl groups excluding tert-OH is 1. The monoisotopic (exact) mass is 240 g/mol. The van der Waals surface area contributed by atoms with Crippen LogP contribution in [0.15, 0.2) is 24.4 Å². The van der Waals surface area contributed by atoms with Gasteiger partial charge in [-0.25, -0.2) is 9.37 Å². The molecule has 2 rings (SSSR count). The number of aromatic nitrogens is 2. The van der Waals surface area contributed by atoms with Crippen LogP contribution in [0.1, 0.15) is 17.1 Å². The first kappa shape index (κ1) is 11.1. The van der Waals surface area contributed by atoms with Gasteiger partial charge in [0.05, 0.1) is 23.5 Å². The van der Waals surface area contributed by atoms with Crippen molar-refractivity contribution in [2.24, 2.45) is 0 Å².